The molecule has 2 rings (SSSR count). The van der Waals surface area contributed by atoms with Gasteiger partial charge in [0.25, 0.3) is 0 Å². The van der Waals surface area contributed by atoms with Crippen molar-refractivity contribution in [2.45, 2.75) is 33.9 Å². The van der Waals surface area contributed by atoms with Crippen LogP contribution in [0.4, 0.5) is 0 Å². The summed E-state index contributed by atoms with van der Waals surface area (Å²) >= 11 is 2.15. The molecular weight excluding hydrogens is 423 g/mol. The van der Waals surface area contributed by atoms with E-state index < -0.39 is 0 Å². The molecule has 0 saturated carbocycles. The van der Waals surface area contributed by atoms with E-state index in [1.807, 2.05) is 55.2 Å². The Kier molecular flexibility index (Phi) is 10.1. The minimum absolute atomic E-state index is 0.275. The summed E-state index contributed by atoms with van der Waals surface area (Å²) in [7, 11) is 1.46. The summed E-state index contributed by atoms with van der Waals surface area (Å²) in [5, 5.41) is 3.36. The second kappa shape index (κ2) is 11.5. The Morgan fingerprint density at radius 1 is 1.22 bits per heavy atom. The number of carbonyl (C=O) groups is 1. The van der Waals surface area contributed by atoms with Gasteiger partial charge in [-0.1, -0.05) is 44.2 Å². The molecule has 0 spiro atoms. The first-order chi connectivity index (χ1) is 11.3. The Labute approximate surface area is 154 Å². The lowest BCUT2D eigenvalue weighted by molar-refractivity contribution is 0.0517. The summed E-state index contributed by atoms with van der Waals surface area (Å²) in [5.74, 6) is -0.275. The van der Waals surface area contributed by atoms with E-state index in [9.17, 15) is 4.79 Å². The molecule has 1 heterocycles. The molecule has 0 saturated heterocycles. The van der Waals surface area contributed by atoms with Crippen LogP contribution >= 0.6 is 30.3 Å². The third-order valence-corrected chi connectivity index (χ3v) is 4.69. The number of benzene rings is 1. The maximum absolute atomic E-state index is 12.1. The van der Waals surface area contributed by atoms with E-state index in [0.29, 0.717) is 18.8 Å². The van der Waals surface area contributed by atoms with Gasteiger partial charge in [0.1, 0.15) is 5.69 Å². The Bertz CT molecular complexity index is 588. The standard InChI is InChI=1S/C15H17IN2O2S.C2H6/c1-2-20-15(19)14-13(8-9-18(14)21-16)11-17-10-12-6-4-3-5-7-12;1-2/h3-9,17H,2,10-11H2,1H3;1-2H3. The topological polar surface area (TPSA) is 43.3 Å². The second-order valence-corrected chi connectivity index (χ2v) is 6.11. The lowest BCUT2D eigenvalue weighted by atomic mass is 10.2. The van der Waals surface area contributed by atoms with Crippen molar-refractivity contribution in [1.29, 1.82) is 0 Å². The van der Waals surface area contributed by atoms with E-state index in [-0.39, 0.29) is 5.97 Å². The smallest absolute Gasteiger partial charge is 0.356 e. The van der Waals surface area contributed by atoms with Crippen molar-refractivity contribution in [2.75, 3.05) is 6.61 Å². The highest BCUT2D eigenvalue weighted by atomic mass is 127. The molecule has 0 bridgehead atoms. The van der Waals surface area contributed by atoms with Crippen LogP contribution in [0, 0.1) is 0 Å². The van der Waals surface area contributed by atoms with Crippen molar-refractivity contribution in [3.63, 3.8) is 0 Å². The zero-order chi connectivity index (χ0) is 17.1. The molecule has 2 aromatic rings. The highest BCUT2D eigenvalue weighted by Crippen LogP contribution is 2.23. The largest absolute Gasteiger partial charge is 0.461 e. The maximum atomic E-state index is 12.1. The number of aromatic nitrogens is 1. The SMILES string of the molecule is CC.CCOC(=O)c1c(CNCc2ccccc2)ccn1SI. The van der Waals surface area contributed by atoms with Crippen LogP contribution in [-0.4, -0.2) is 16.5 Å². The second-order valence-electron chi connectivity index (χ2n) is 4.39. The molecule has 4 nitrogen and oxygen atoms in total. The fourth-order valence-corrected chi connectivity index (χ4v) is 3.36. The summed E-state index contributed by atoms with van der Waals surface area (Å²) in [6.45, 7) is 7.60. The van der Waals surface area contributed by atoms with Crippen LogP contribution in [0.2, 0.25) is 0 Å². The Balaban J connectivity index is 0.00000127. The third kappa shape index (κ3) is 6.19. The monoisotopic (exact) mass is 446 g/mol. The van der Waals surface area contributed by atoms with Crippen LogP contribution in [0.25, 0.3) is 0 Å². The number of nitrogens with zero attached hydrogens (tertiary/aromatic N) is 1. The van der Waals surface area contributed by atoms with Crippen LogP contribution in [0.15, 0.2) is 42.6 Å². The molecule has 0 atom stereocenters. The van der Waals surface area contributed by atoms with Crippen LogP contribution < -0.4 is 5.32 Å². The summed E-state index contributed by atoms with van der Waals surface area (Å²) in [6, 6.07) is 12.1. The Hall–Kier alpha value is -0.990. The van der Waals surface area contributed by atoms with Gasteiger partial charge in [-0.2, -0.15) is 0 Å². The molecule has 0 aliphatic rings. The number of hydrogen-bond donors (Lipinski definition) is 1. The maximum Gasteiger partial charge on any atom is 0.356 e. The molecule has 0 radical (unpaired) electrons. The van der Waals surface area contributed by atoms with Crippen LogP contribution in [0.3, 0.4) is 0 Å². The molecule has 1 N–H and O–H groups in total. The quantitative estimate of drug-likeness (QED) is 0.489. The summed E-state index contributed by atoms with van der Waals surface area (Å²) in [5.41, 5.74) is 2.78. The van der Waals surface area contributed by atoms with Crippen molar-refractivity contribution in [1.82, 2.24) is 9.29 Å². The van der Waals surface area contributed by atoms with E-state index >= 15 is 0 Å². The van der Waals surface area contributed by atoms with E-state index in [4.69, 9.17) is 4.74 Å². The number of nitrogens with one attached hydrogen (secondary N) is 1. The number of hydrogen-bond acceptors (Lipinski definition) is 4. The number of halogens is 1. The van der Waals surface area contributed by atoms with Crippen molar-refractivity contribution < 1.29 is 9.53 Å². The van der Waals surface area contributed by atoms with E-state index in [2.05, 4.69) is 38.7 Å². The van der Waals surface area contributed by atoms with Crippen molar-refractivity contribution in [3.05, 3.63) is 59.4 Å². The molecule has 1 aromatic carbocycles. The van der Waals surface area contributed by atoms with Crippen molar-refractivity contribution in [2.24, 2.45) is 0 Å². The van der Waals surface area contributed by atoms with E-state index in [1.165, 1.54) is 14.7 Å². The molecule has 0 aliphatic heterocycles. The molecule has 0 amide bonds. The lowest BCUT2D eigenvalue weighted by Crippen LogP contribution is -2.17. The van der Waals surface area contributed by atoms with Gasteiger partial charge in [0.2, 0.25) is 0 Å². The van der Waals surface area contributed by atoms with Gasteiger partial charge in [-0.15, -0.1) is 0 Å². The highest BCUT2D eigenvalue weighted by Gasteiger charge is 2.18. The third-order valence-electron chi connectivity index (χ3n) is 2.97. The van der Waals surface area contributed by atoms with Gasteiger partial charge >= 0.3 is 5.97 Å². The number of rotatable bonds is 7. The summed E-state index contributed by atoms with van der Waals surface area (Å²) in [4.78, 5) is 12.1. The van der Waals surface area contributed by atoms with Crippen molar-refractivity contribution >= 4 is 36.3 Å². The number of esters is 1. The van der Waals surface area contributed by atoms with Gasteiger partial charge in [0.15, 0.2) is 0 Å². The highest BCUT2D eigenvalue weighted by molar-refractivity contribution is 14.2. The minimum atomic E-state index is -0.275. The first-order valence-corrected chi connectivity index (χ1v) is 11.0. The molecule has 1 aromatic heterocycles. The lowest BCUT2D eigenvalue weighted by Gasteiger charge is -2.08. The number of carbonyl (C=O) groups excluding carboxylic acids is 1. The number of ether oxygens (including phenoxy) is 1. The average molecular weight is 446 g/mol. The first-order valence-electron chi connectivity index (χ1n) is 7.67. The fourth-order valence-electron chi connectivity index (χ4n) is 2.01. The van der Waals surface area contributed by atoms with Crippen LogP contribution in [-0.2, 0) is 17.8 Å². The molecule has 0 fully saturated rings. The fraction of sp³-hybridized carbons (Fsp3) is 0.353. The molecule has 126 valence electrons. The Morgan fingerprint density at radius 2 is 1.91 bits per heavy atom. The average Bonchev–Trinajstić information content (AvgIpc) is 3.01. The van der Waals surface area contributed by atoms with Crippen LogP contribution in [0.1, 0.15) is 42.4 Å². The van der Waals surface area contributed by atoms with E-state index in [0.717, 1.165) is 12.1 Å². The summed E-state index contributed by atoms with van der Waals surface area (Å²) in [6.07, 6.45) is 1.89. The van der Waals surface area contributed by atoms with Gasteiger partial charge in [0, 0.05) is 49.6 Å². The normalized spacial score (nSPS) is 9.91. The van der Waals surface area contributed by atoms with Gasteiger partial charge in [0.05, 0.1) is 6.61 Å². The molecular formula is C17H23IN2O2S. The van der Waals surface area contributed by atoms with Gasteiger partial charge in [-0.25, -0.2) is 4.79 Å². The Morgan fingerprint density at radius 3 is 2.52 bits per heavy atom. The van der Waals surface area contributed by atoms with Crippen LogP contribution in [0.5, 0.6) is 0 Å². The van der Waals surface area contributed by atoms with E-state index in [1.54, 1.807) is 0 Å². The predicted molar refractivity (Wildman–Crippen MR) is 106 cm³/mol. The van der Waals surface area contributed by atoms with Gasteiger partial charge < -0.3 is 10.1 Å². The minimum Gasteiger partial charge on any atom is -0.461 e. The van der Waals surface area contributed by atoms with Gasteiger partial charge in [-0.3, -0.25) is 3.97 Å². The van der Waals surface area contributed by atoms with Crippen molar-refractivity contribution in [3.8, 4) is 0 Å². The summed E-state index contributed by atoms with van der Waals surface area (Å²) < 4.78 is 6.96. The predicted octanol–water partition coefficient (Wildman–Crippen LogP) is 4.83. The van der Waals surface area contributed by atoms with Gasteiger partial charge in [-0.05, 0) is 24.1 Å². The first kappa shape index (κ1) is 20.1. The molecule has 0 unspecified atom stereocenters. The molecule has 0 aliphatic carbocycles. The molecule has 23 heavy (non-hydrogen) atoms. The molecule has 6 heteroatoms. The zero-order valence-electron chi connectivity index (χ0n) is 13.7. The zero-order valence-corrected chi connectivity index (χ0v) is 16.7.